The maximum absolute atomic E-state index is 11.4. The molecule has 0 bridgehead atoms. The van der Waals surface area contributed by atoms with Crippen molar-refractivity contribution in [3.8, 4) is 0 Å². The topological polar surface area (TPSA) is 52.6 Å². The molecule has 0 aromatic carbocycles. The van der Waals surface area contributed by atoms with Crippen molar-refractivity contribution in [2.75, 3.05) is 13.1 Å². The fourth-order valence-electron chi connectivity index (χ4n) is 2.29. The van der Waals surface area contributed by atoms with Gasteiger partial charge in [-0.05, 0) is 41.5 Å². The highest BCUT2D eigenvalue weighted by atomic mass is 16.4. The van der Waals surface area contributed by atoms with Crippen molar-refractivity contribution in [2.45, 2.75) is 58.2 Å². The second-order valence-electron chi connectivity index (χ2n) is 6.50. The Morgan fingerprint density at radius 2 is 1.81 bits per heavy atom. The first-order chi connectivity index (χ1) is 6.99. The summed E-state index contributed by atoms with van der Waals surface area (Å²) in [5.74, 6) is -0.765. The number of hydrogen-bond acceptors (Lipinski definition) is 3. The number of nitrogens with one attached hydrogen (secondary N) is 1. The molecule has 2 N–H and O–H groups in total. The van der Waals surface area contributed by atoms with Gasteiger partial charge in [-0.1, -0.05) is 0 Å². The molecule has 1 saturated heterocycles. The second kappa shape index (κ2) is 3.70. The third-order valence-electron chi connectivity index (χ3n) is 3.48. The molecule has 0 saturated carbocycles. The van der Waals surface area contributed by atoms with Gasteiger partial charge in [-0.3, -0.25) is 9.69 Å². The Morgan fingerprint density at radius 3 is 2.25 bits per heavy atom. The van der Waals surface area contributed by atoms with Crippen LogP contribution in [0.5, 0.6) is 0 Å². The summed E-state index contributed by atoms with van der Waals surface area (Å²) in [7, 11) is 0. The van der Waals surface area contributed by atoms with E-state index in [2.05, 4.69) is 37.9 Å². The summed E-state index contributed by atoms with van der Waals surface area (Å²) in [6.45, 7) is 13.5. The van der Waals surface area contributed by atoms with Crippen molar-refractivity contribution < 1.29 is 9.90 Å². The number of carboxylic acids is 1. The zero-order chi connectivity index (χ0) is 12.8. The molecular formula is C12H24N2O2. The van der Waals surface area contributed by atoms with Crippen LogP contribution in [-0.4, -0.2) is 45.7 Å². The van der Waals surface area contributed by atoms with Gasteiger partial charge in [-0.25, -0.2) is 0 Å². The molecule has 0 unspecified atom stereocenters. The second-order valence-corrected chi connectivity index (χ2v) is 6.50. The van der Waals surface area contributed by atoms with Crippen LogP contribution in [0.25, 0.3) is 0 Å². The van der Waals surface area contributed by atoms with Crippen LogP contribution in [-0.2, 0) is 4.79 Å². The molecule has 16 heavy (non-hydrogen) atoms. The molecule has 0 radical (unpaired) electrons. The molecule has 0 spiro atoms. The standard InChI is InChI=1S/C12H24N2O2/c1-10(2)8-14(11(3,4)7-13-10)12(5,6)9(15)16/h13H,7-8H2,1-6H3,(H,15,16). The third-order valence-corrected chi connectivity index (χ3v) is 3.48. The molecule has 1 aliphatic rings. The fraction of sp³-hybridized carbons (Fsp3) is 0.917. The lowest BCUT2D eigenvalue weighted by molar-refractivity contribution is -0.156. The van der Waals surface area contributed by atoms with Gasteiger partial charge in [0.05, 0.1) is 0 Å². The number of carbonyl (C=O) groups is 1. The predicted octanol–water partition coefficient (Wildman–Crippen LogP) is 1.31. The minimum Gasteiger partial charge on any atom is -0.480 e. The highest BCUT2D eigenvalue weighted by Gasteiger charge is 2.47. The Labute approximate surface area is 98.0 Å². The third kappa shape index (κ3) is 2.38. The summed E-state index contributed by atoms with van der Waals surface area (Å²) in [6.07, 6.45) is 0. The van der Waals surface area contributed by atoms with E-state index in [1.54, 1.807) is 13.8 Å². The highest BCUT2D eigenvalue weighted by molar-refractivity contribution is 5.77. The minimum absolute atomic E-state index is 0.0394. The van der Waals surface area contributed by atoms with Gasteiger partial charge in [0, 0.05) is 24.2 Å². The quantitative estimate of drug-likeness (QED) is 0.748. The summed E-state index contributed by atoms with van der Waals surface area (Å²) < 4.78 is 0. The Kier molecular flexibility index (Phi) is 3.12. The number of nitrogens with zero attached hydrogens (tertiary/aromatic N) is 1. The molecule has 1 heterocycles. The zero-order valence-corrected chi connectivity index (χ0v) is 11.2. The van der Waals surface area contributed by atoms with E-state index in [0.29, 0.717) is 0 Å². The molecule has 4 nitrogen and oxygen atoms in total. The van der Waals surface area contributed by atoms with Gasteiger partial charge >= 0.3 is 5.97 Å². The van der Waals surface area contributed by atoms with Gasteiger partial charge in [0.15, 0.2) is 0 Å². The van der Waals surface area contributed by atoms with Crippen molar-refractivity contribution in [2.24, 2.45) is 0 Å². The molecule has 1 aliphatic heterocycles. The first-order valence-corrected chi connectivity index (χ1v) is 5.75. The SMILES string of the molecule is CC1(C)CN(C(C)(C)C(=O)O)C(C)(C)CN1. The van der Waals surface area contributed by atoms with Gasteiger partial charge in [0.2, 0.25) is 0 Å². The van der Waals surface area contributed by atoms with E-state index in [4.69, 9.17) is 0 Å². The molecular weight excluding hydrogens is 204 g/mol. The van der Waals surface area contributed by atoms with Crippen LogP contribution in [0.2, 0.25) is 0 Å². The lowest BCUT2D eigenvalue weighted by Crippen LogP contribution is -2.72. The van der Waals surface area contributed by atoms with Crippen molar-refractivity contribution >= 4 is 5.97 Å². The van der Waals surface area contributed by atoms with Crippen LogP contribution >= 0.6 is 0 Å². The van der Waals surface area contributed by atoms with Crippen LogP contribution in [0, 0.1) is 0 Å². The zero-order valence-electron chi connectivity index (χ0n) is 11.2. The van der Waals surface area contributed by atoms with Crippen LogP contribution < -0.4 is 5.32 Å². The molecule has 0 amide bonds. The molecule has 94 valence electrons. The molecule has 1 rings (SSSR count). The van der Waals surface area contributed by atoms with Gasteiger partial charge in [0.25, 0.3) is 0 Å². The van der Waals surface area contributed by atoms with E-state index < -0.39 is 11.5 Å². The largest absolute Gasteiger partial charge is 0.480 e. The molecule has 4 heteroatoms. The number of carboxylic acid groups (broad SMARTS) is 1. The van der Waals surface area contributed by atoms with E-state index in [1.807, 2.05) is 0 Å². The van der Waals surface area contributed by atoms with Crippen molar-refractivity contribution in [1.82, 2.24) is 10.2 Å². The van der Waals surface area contributed by atoms with Crippen molar-refractivity contribution in [3.63, 3.8) is 0 Å². The Bertz CT molecular complexity index is 295. The van der Waals surface area contributed by atoms with E-state index in [0.717, 1.165) is 13.1 Å². The summed E-state index contributed by atoms with van der Waals surface area (Å²) >= 11 is 0. The number of rotatable bonds is 2. The average molecular weight is 228 g/mol. The summed E-state index contributed by atoms with van der Waals surface area (Å²) in [5, 5.41) is 12.8. The molecule has 0 aromatic heterocycles. The monoisotopic (exact) mass is 228 g/mol. The maximum atomic E-state index is 11.4. The normalized spacial score (nSPS) is 25.4. The number of aliphatic carboxylic acids is 1. The molecule has 0 atom stereocenters. The van der Waals surface area contributed by atoms with E-state index in [-0.39, 0.29) is 11.1 Å². The molecule has 0 aliphatic carbocycles. The van der Waals surface area contributed by atoms with Crippen LogP contribution in [0.1, 0.15) is 41.5 Å². The summed E-state index contributed by atoms with van der Waals surface area (Å²) in [5.41, 5.74) is -1.01. The number of hydrogen-bond donors (Lipinski definition) is 2. The first kappa shape index (κ1) is 13.5. The Hall–Kier alpha value is -0.610. The van der Waals surface area contributed by atoms with Gasteiger partial charge in [-0.2, -0.15) is 0 Å². The van der Waals surface area contributed by atoms with Crippen LogP contribution in [0.15, 0.2) is 0 Å². The van der Waals surface area contributed by atoms with Crippen LogP contribution in [0.4, 0.5) is 0 Å². The van der Waals surface area contributed by atoms with E-state index in [1.165, 1.54) is 0 Å². The Morgan fingerprint density at radius 1 is 1.31 bits per heavy atom. The van der Waals surface area contributed by atoms with Gasteiger partial charge in [-0.15, -0.1) is 0 Å². The van der Waals surface area contributed by atoms with Crippen LogP contribution in [0.3, 0.4) is 0 Å². The summed E-state index contributed by atoms with van der Waals surface area (Å²) in [4.78, 5) is 13.4. The molecule has 0 aromatic rings. The van der Waals surface area contributed by atoms with Crippen molar-refractivity contribution in [1.29, 1.82) is 0 Å². The fourth-order valence-corrected chi connectivity index (χ4v) is 2.29. The first-order valence-electron chi connectivity index (χ1n) is 5.75. The Balaban J connectivity index is 3.03. The highest BCUT2D eigenvalue weighted by Crippen LogP contribution is 2.31. The van der Waals surface area contributed by atoms with Gasteiger partial charge < -0.3 is 10.4 Å². The van der Waals surface area contributed by atoms with Crippen molar-refractivity contribution in [3.05, 3.63) is 0 Å². The lowest BCUT2D eigenvalue weighted by atomic mass is 9.85. The predicted molar refractivity (Wildman–Crippen MR) is 64.6 cm³/mol. The average Bonchev–Trinajstić information content (AvgIpc) is 2.09. The maximum Gasteiger partial charge on any atom is 0.323 e. The molecule has 1 fully saturated rings. The minimum atomic E-state index is -0.830. The van der Waals surface area contributed by atoms with E-state index >= 15 is 0 Å². The lowest BCUT2D eigenvalue weighted by Gasteiger charge is -2.54. The number of piperazine rings is 1. The van der Waals surface area contributed by atoms with Gasteiger partial charge in [0.1, 0.15) is 5.54 Å². The smallest absolute Gasteiger partial charge is 0.323 e. The summed E-state index contributed by atoms with van der Waals surface area (Å²) in [6, 6.07) is 0. The van der Waals surface area contributed by atoms with E-state index in [9.17, 15) is 9.90 Å².